The standard InChI is InChI=1S/C22H22N4O6S2/c1-2-33(28,29)26-15-20(32-19-8-4-3-7-18(19)26)22(27)24-16-10-12-17(13-11-16)34(30,31)25-21-9-5-6-14-23-21/h3-14,20H,2,15H2,1H3,(H,23,25)(H,24,27)/t20-/m1/s1. The van der Waals surface area contributed by atoms with Gasteiger partial charge in [0, 0.05) is 11.9 Å². The molecule has 1 amide bonds. The summed E-state index contributed by atoms with van der Waals surface area (Å²) in [6.45, 7) is 1.35. The predicted octanol–water partition coefficient (Wildman–Crippen LogP) is 2.44. The van der Waals surface area contributed by atoms with Gasteiger partial charge in [0.25, 0.3) is 15.9 Å². The molecule has 2 heterocycles. The van der Waals surface area contributed by atoms with Crippen LogP contribution in [-0.2, 0) is 24.8 Å². The average Bonchev–Trinajstić information content (AvgIpc) is 2.84. The molecule has 0 aliphatic carbocycles. The molecule has 0 spiro atoms. The number of hydrogen-bond donors (Lipinski definition) is 2. The van der Waals surface area contributed by atoms with Gasteiger partial charge in [-0.25, -0.2) is 21.8 Å². The Morgan fingerprint density at radius 3 is 2.41 bits per heavy atom. The summed E-state index contributed by atoms with van der Waals surface area (Å²) in [5.74, 6) is -0.222. The monoisotopic (exact) mass is 502 g/mol. The molecular formula is C22H22N4O6S2. The van der Waals surface area contributed by atoms with E-state index in [0.717, 1.165) is 0 Å². The molecule has 1 aliphatic rings. The van der Waals surface area contributed by atoms with Crippen LogP contribution in [0.3, 0.4) is 0 Å². The zero-order valence-corrected chi connectivity index (χ0v) is 19.7. The minimum Gasteiger partial charge on any atom is -0.476 e. The second-order valence-electron chi connectivity index (χ2n) is 7.34. The first-order valence-electron chi connectivity index (χ1n) is 10.3. The highest BCUT2D eigenvalue weighted by Crippen LogP contribution is 2.35. The van der Waals surface area contributed by atoms with Crippen LogP contribution in [-0.4, -0.2) is 46.1 Å². The van der Waals surface area contributed by atoms with Crippen molar-refractivity contribution in [2.24, 2.45) is 0 Å². The molecule has 1 atom stereocenters. The fraction of sp³-hybridized carbons (Fsp3) is 0.182. The zero-order valence-electron chi connectivity index (χ0n) is 18.1. The summed E-state index contributed by atoms with van der Waals surface area (Å²) in [5.41, 5.74) is 0.706. The largest absolute Gasteiger partial charge is 0.476 e. The second-order valence-corrected chi connectivity index (χ2v) is 11.2. The van der Waals surface area contributed by atoms with Gasteiger partial charge < -0.3 is 10.1 Å². The van der Waals surface area contributed by atoms with Crippen molar-refractivity contribution < 1.29 is 26.4 Å². The summed E-state index contributed by atoms with van der Waals surface area (Å²) in [7, 11) is -7.49. The van der Waals surface area contributed by atoms with Crippen LogP contribution in [0.2, 0.25) is 0 Å². The molecule has 4 rings (SSSR count). The van der Waals surface area contributed by atoms with Gasteiger partial charge in [-0.05, 0) is 55.5 Å². The number of pyridine rings is 1. The van der Waals surface area contributed by atoms with Crippen molar-refractivity contribution in [2.75, 3.05) is 26.6 Å². The van der Waals surface area contributed by atoms with Crippen LogP contribution >= 0.6 is 0 Å². The van der Waals surface area contributed by atoms with Gasteiger partial charge in [0.15, 0.2) is 6.10 Å². The quantitative estimate of drug-likeness (QED) is 0.507. The van der Waals surface area contributed by atoms with Crippen molar-refractivity contribution in [1.29, 1.82) is 0 Å². The highest BCUT2D eigenvalue weighted by Gasteiger charge is 2.36. The van der Waals surface area contributed by atoms with Gasteiger partial charge in [0.2, 0.25) is 10.0 Å². The molecule has 3 aromatic rings. The maximum Gasteiger partial charge on any atom is 0.267 e. The molecule has 34 heavy (non-hydrogen) atoms. The lowest BCUT2D eigenvalue weighted by Crippen LogP contribution is -2.49. The summed E-state index contributed by atoms with van der Waals surface area (Å²) < 4.78 is 59.5. The molecule has 0 saturated heterocycles. The van der Waals surface area contributed by atoms with Crippen molar-refractivity contribution in [3.8, 4) is 5.75 Å². The Morgan fingerprint density at radius 2 is 1.74 bits per heavy atom. The van der Waals surface area contributed by atoms with E-state index in [2.05, 4.69) is 15.0 Å². The molecule has 0 fully saturated rings. The summed E-state index contributed by atoms with van der Waals surface area (Å²) in [6.07, 6.45) is 0.375. The predicted molar refractivity (Wildman–Crippen MR) is 128 cm³/mol. The van der Waals surface area contributed by atoms with Gasteiger partial charge in [0.1, 0.15) is 11.6 Å². The summed E-state index contributed by atoms with van der Waals surface area (Å²) >= 11 is 0. The summed E-state index contributed by atoms with van der Waals surface area (Å²) in [5, 5.41) is 2.65. The third kappa shape index (κ3) is 4.97. The van der Waals surface area contributed by atoms with E-state index in [-0.39, 0.29) is 28.8 Å². The van der Waals surface area contributed by atoms with E-state index in [4.69, 9.17) is 4.74 Å². The first kappa shape index (κ1) is 23.5. The fourth-order valence-electron chi connectivity index (χ4n) is 3.32. The van der Waals surface area contributed by atoms with E-state index in [1.54, 1.807) is 36.4 Å². The van der Waals surface area contributed by atoms with Crippen LogP contribution in [0.25, 0.3) is 0 Å². The van der Waals surface area contributed by atoms with Crippen LogP contribution in [0.4, 0.5) is 17.2 Å². The number of para-hydroxylation sites is 2. The first-order valence-corrected chi connectivity index (χ1v) is 13.4. The molecule has 0 saturated carbocycles. The van der Waals surface area contributed by atoms with Crippen LogP contribution in [0, 0.1) is 0 Å². The Labute approximate surface area is 197 Å². The molecule has 178 valence electrons. The molecule has 1 aromatic heterocycles. The molecule has 0 unspecified atom stereocenters. The lowest BCUT2D eigenvalue weighted by Gasteiger charge is -2.34. The number of aromatic nitrogens is 1. The summed E-state index contributed by atoms with van der Waals surface area (Å²) in [6, 6.07) is 17.0. The third-order valence-electron chi connectivity index (χ3n) is 5.06. The lowest BCUT2D eigenvalue weighted by molar-refractivity contribution is -0.122. The van der Waals surface area contributed by atoms with E-state index < -0.39 is 32.1 Å². The Hall–Kier alpha value is -3.64. The summed E-state index contributed by atoms with van der Waals surface area (Å²) in [4.78, 5) is 16.8. The number of ether oxygens (including phenoxy) is 1. The maximum absolute atomic E-state index is 12.9. The van der Waals surface area contributed by atoms with Crippen molar-refractivity contribution in [2.45, 2.75) is 17.9 Å². The third-order valence-corrected chi connectivity index (χ3v) is 8.18. The van der Waals surface area contributed by atoms with Crippen LogP contribution in [0.15, 0.2) is 77.8 Å². The number of anilines is 3. The first-order chi connectivity index (χ1) is 16.2. The van der Waals surface area contributed by atoms with Gasteiger partial charge >= 0.3 is 0 Å². The topological polar surface area (TPSA) is 135 Å². The Morgan fingerprint density at radius 1 is 1.03 bits per heavy atom. The second kappa shape index (κ2) is 9.31. The Kier molecular flexibility index (Phi) is 6.44. The van der Waals surface area contributed by atoms with Crippen molar-refractivity contribution >= 4 is 43.1 Å². The number of nitrogens with zero attached hydrogens (tertiary/aromatic N) is 2. The number of rotatable bonds is 7. The lowest BCUT2D eigenvalue weighted by atomic mass is 10.2. The number of amides is 1. The van der Waals surface area contributed by atoms with Gasteiger partial charge in [-0.15, -0.1) is 0 Å². The number of nitrogens with one attached hydrogen (secondary N) is 2. The molecule has 2 aromatic carbocycles. The average molecular weight is 503 g/mol. The van der Waals surface area contributed by atoms with Gasteiger partial charge in [-0.3, -0.25) is 13.8 Å². The Bertz CT molecular complexity index is 1390. The number of fused-ring (bicyclic) bond motifs is 1. The smallest absolute Gasteiger partial charge is 0.267 e. The van der Waals surface area contributed by atoms with E-state index in [1.165, 1.54) is 47.8 Å². The molecule has 10 nitrogen and oxygen atoms in total. The SMILES string of the molecule is CCS(=O)(=O)N1C[C@H](C(=O)Nc2ccc(S(=O)(=O)Nc3ccccn3)cc2)Oc2ccccc21. The molecule has 12 heteroatoms. The van der Waals surface area contributed by atoms with Crippen molar-refractivity contribution in [1.82, 2.24) is 4.98 Å². The van der Waals surface area contributed by atoms with Crippen molar-refractivity contribution in [3.63, 3.8) is 0 Å². The molecular weight excluding hydrogens is 480 g/mol. The molecule has 0 radical (unpaired) electrons. The van der Waals surface area contributed by atoms with E-state index in [0.29, 0.717) is 11.4 Å². The number of carbonyl (C=O) groups excluding carboxylic acids is 1. The maximum atomic E-state index is 12.9. The molecule has 0 bridgehead atoms. The van der Waals surface area contributed by atoms with E-state index in [1.807, 2.05) is 0 Å². The number of benzene rings is 2. The number of sulfonamides is 2. The zero-order chi connectivity index (χ0) is 24.3. The van der Waals surface area contributed by atoms with Gasteiger partial charge in [-0.1, -0.05) is 18.2 Å². The van der Waals surface area contributed by atoms with E-state index in [9.17, 15) is 21.6 Å². The van der Waals surface area contributed by atoms with Gasteiger partial charge in [-0.2, -0.15) is 0 Å². The van der Waals surface area contributed by atoms with Gasteiger partial charge in [0.05, 0.1) is 22.9 Å². The molecule has 1 aliphatic heterocycles. The fourth-order valence-corrected chi connectivity index (χ4v) is 5.45. The number of hydrogen-bond acceptors (Lipinski definition) is 7. The molecule has 2 N–H and O–H groups in total. The highest BCUT2D eigenvalue weighted by atomic mass is 32.2. The van der Waals surface area contributed by atoms with Crippen LogP contribution in [0.1, 0.15) is 6.92 Å². The van der Waals surface area contributed by atoms with Crippen molar-refractivity contribution in [3.05, 3.63) is 72.9 Å². The normalized spacial score (nSPS) is 15.7. The van der Waals surface area contributed by atoms with Crippen LogP contribution in [0.5, 0.6) is 5.75 Å². The minimum absolute atomic E-state index is 0.0146. The Balaban J connectivity index is 1.49. The highest BCUT2D eigenvalue weighted by molar-refractivity contribution is 7.93. The number of carbonyl (C=O) groups is 1. The van der Waals surface area contributed by atoms with E-state index >= 15 is 0 Å². The van der Waals surface area contributed by atoms with Crippen LogP contribution < -0.4 is 19.1 Å². The minimum atomic E-state index is -3.86.